The van der Waals surface area contributed by atoms with Crippen molar-refractivity contribution < 1.29 is 0 Å². The molecule has 3 aliphatic carbocycles. The number of hydrogen-bond donors (Lipinski definition) is 1. The fourth-order valence-corrected chi connectivity index (χ4v) is 8.56. The van der Waals surface area contributed by atoms with Gasteiger partial charge in [0.2, 0.25) is 0 Å². The SMILES string of the molecule is c1ccc2c(c1)-c1ccccc1C21CCC2(CC1)c1ccccc1-c1ccc(Nc3ccc4ccccc4c3)cc12. The van der Waals surface area contributed by atoms with Crippen molar-refractivity contribution in [3.05, 3.63) is 156 Å². The molecule has 1 heteroatoms. The first-order chi connectivity index (χ1) is 20.3. The monoisotopic (exact) mass is 525 g/mol. The van der Waals surface area contributed by atoms with Gasteiger partial charge in [-0.3, -0.25) is 0 Å². The maximum absolute atomic E-state index is 3.75. The van der Waals surface area contributed by atoms with E-state index in [0.717, 1.165) is 31.4 Å². The van der Waals surface area contributed by atoms with Crippen molar-refractivity contribution in [2.75, 3.05) is 5.32 Å². The van der Waals surface area contributed by atoms with Gasteiger partial charge in [-0.25, -0.2) is 0 Å². The van der Waals surface area contributed by atoms with Gasteiger partial charge in [-0.1, -0.05) is 109 Å². The predicted molar refractivity (Wildman–Crippen MR) is 171 cm³/mol. The summed E-state index contributed by atoms with van der Waals surface area (Å²) >= 11 is 0. The Bertz CT molecular complexity index is 1940. The van der Waals surface area contributed by atoms with Crippen LogP contribution in [0.25, 0.3) is 33.0 Å². The van der Waals surface area contributed by atoms with Gasteiger partial charge in [0.1, 0.15) is 0 Å². The summed E-state index contributed by atoms with van der Waals surface area (Å²) in [6.07, 6.45) is 4.63. The number of fused-ring (bicyclic) bond motifs is 11. The highest BCUT2D eigenvalue weighted by Gasteiger charge is 2.52. The minimum atomic E-state index is 0.0464. The number of nitrogens with one attached hydrogen (secondary N) is 1. The average Bonchev–Trinajstić information content (AvgIpc) is 3.46. The summed E-state index contributed by atoms with van der Waals surface area (Å²) in [5.74, 6) is 0. The van der Waals surface area contributed by atoms with Gasteiger partial charge in [0.25, 0.3) is 0 Å². The Morgan fingerprint density at radius 2 is 0.805 bits per heavy atom. The normalized spacial score (nSPS) is 16.8. The molecular formula is C40H31N. The average molecular weight is 526 g/mol. The lowest BCUT2D eigenvalue weighted by molar-refractivity contribution is 0.265. The second kappa shape index (κ2) is 8.44. The van der Waals surface area contributed by atoms with Gasteiger partial charge in [0.15, 0.2) is 0 Å². The molecule has 0 bridgehead atoms. The van der Waals surface area contributed by atoms with E-state index in [1.807, 2.05) is 0 Å². The van der Waals surface area contributed by atoms with E-state index in [0.29, 0.717) is 0 Å². The molecule has 0 atom stereocenters. The summed E-state index contributed by atoms with van der Waals surface area (Å²) in [6, 6.07) is 49.8. The number of anilines is 2. The zero-order valence-electron chi connectivity index (χ0n) is 23.0. The molecule has 0 heterocycles. The largest absolute Gasteiger partial charge is 0.355 e. The van der Waals surface area contributed by atoms with E-state index in [2.05, 4.69) is 139 Å². The second-order valence-corrected chi connectivity index (χ2v) is 12.2. The van der Waals surface area contributed by atoms with Crippen molar-refractivity contribution in [3.63, 3.8) is 0 Å². The van der Waals surface area contributed by atoms with Gasteiger partial charge in [0, 0.05) is 22.2 Å². The van der Waals surface area contributed by atoms with Crippen LogP contribution in [0.5, 0.6) is 0 Å². The molecular weight excluding hydrogens is 494 g/mol. The van der Waals surface area contributed by atoms with Gasteiger partial charge < -0.3 is 5.32 Å². The van der Waals surface area contributed by atoms with Crippen molar-refractivity contribution in [3.8, 4) is 22.3 Å². The molecule has 0 aliphatic heterocycles. The van der Waals surface area contributed by atoms with Crippen LogP contribution in [0.15, 0.2) is 133 Å². The zero-order valence-corrected chi connectivity index (χ0v) is 23.0. The number of benzene rings is 6. The molecule has 0 saturated heterocycles. The van der Waals surface area contributed by atoms with Gasteiger partial charge >= 0.3 is 0 Å². The van der Waals surface area contributed by atoms with Crippen LogP contribution in [0, 0.1) is 0 Å². The van der Waals surface area contributed by atoms with Crippen molar-refractivity contribution in [2.24, 2.45) is 0 Å². The standard InChI is InChI=1S/C40H31N/c1-2-10-28-25-29(18-17-27(28)9-1)41-30-19-20-34-33-13-5-8-16-37(33)40(38(34)26-30)23-21-39(22-24-40)35-14-6-3-11-31(35)32-12-4-7-15-36(32)39/h1-20,25-26,41H,21-24H2. The summed E-state index contributed by atoms with van der Waals surface area (Å²) in [7, 11) is 0. The third kappa shape index (κ3) is 3.18. The third-order valence-corrected chi connectivity index (χ3v) is 10.4. The van der Waals surface area contributed by atoms with Crippen LogP contribution in [0.3, 0.4) is 0 Å². The van der Waals surface area contributed by atoms with E-state index in [4.69, 9.17) is 0 Å². The van der Waals surface area contributed by atoms with Crippen molar-refractivity contribution in [2.45, 2.75) is 36.5 Å². The maximum atomic E-state index is 3.75. The van der Waals surface area contributed by atoms with Crippen LogP contribution in [0.4, 0.5) is 11.4 Å². The van der Waals surface area contributed by atoms with E-state index in [9.17, 15) is 0 Å². The molecule has 0 amide bonds. The fourth-order valence-electron chi connectivity index (χ4n) is 8.56. The summed E-state index contributed by atoms with van der Waals surface area (Å²) in [4.78, 5) is 0. The second-order valence-electron chi connectivity index (χ2n) is 12.2. The Hall–Kier alpha value is -4.62. The maximum Gasteiger partial charge on any atom is 0.0390 e. The Kier molecular flexibility index (Phi) is 4.76. The summed E-state index contributed by atoms with van der Waals surface area (Å²) in [5.41, 5.74) is 14.3. The molecule has 6 aromatic carbocycles. The topological polar surface area (TPSA) is 12.0 Å². The predicted octanol–water partition coefficient (Wildman–Crippen LogP) is 10.4. The lowest BCUT2D eigenvalue weighted by Crippen LogP contribution is -2.39. The van der Waals surface area contributed by atoms with Crippen molar-refractivity contribution in [1.82, 2.24) is 0 Å². The minimum Gasteiger partial charge on any atom is -0.355 e. The molecule has 0 aromatic heterocycles. The highest BCUT2D eigenvalue weighted by atomic mass is 14.9. The van der Waals surface area contributed by atoms with Gasteiger partial charge in [-0.2, -0.15) is 0 Å². The highest BCUT2D eigenvalue weighted by molar-refractivity contribution is 5.88. The summed E-state index contributed by atoms with van der Waals surface area (Å²) in [6.45, 7) is 0. The molecule has 1 fully saturated rings. The summed E-state index contributed by atoms with van der Waals surface area (Å²) in [5, 5.41) is 6.28. The van der Waals surface area contributed by atoms with Crippen LogP contribution >= 0.6 is 0 Å². The molecule has 1 saturated carbocycles. The third-order valence-electron chi connectivity index (χ3n) is 10.4. The molecule has 196 valence electrons. The lowest BCUT2D eigenvalue weighted by Gasteiger charge is -2.45. The number of rotatable bonds is 2. The Labute approximate surface area is 241 Å². The molecule has 6 aromatic rings. The summed E-state index contributed by atoms with van der Waals surface area (Å²) < 4.78 is 0. The van der Waals surface area contributed by atoms with Crippen molar-refractivity contribution >= 4 is 22.1 Å². The fraction of sp³-hybridized carbons (Fsp3) is 0.150. The smallest absolute Gasteiger partial charge is 0.0390 e. The quantitative estimate of drug-likeness (QED) is 0.237. The van der Waals surface area contributed by atoms with Crippen LogP contribution < -0.4 is 5.32 Å². The van der Waals surface area contributed by atoms with E-state index in [1.54, 1.807) is 0 Å². The van der Waals surface area contributed by atoms with Crippen molar-refractivity contribution in [1.29, 1.82) is 0 Å². The van der Waals surface area contributed by atoms with Crippen LogP contribution in [-0.4, -0.2) is 0 Å². The Balaban J connectivity index is 1.13. The molecule has 3 aliphatic rings. The Morgan fingerprint density at radius 3 is 1.41 bits per heavy atom. The van der Waals surface area contributed by atoms with Gasteiger partial charge in [0.05, 0.1) is 0 Å². The molecule has 1 nitrogen and oxygen atoms in total. The first-order valence-electron chi connectivity index (χ1n) is 14.9. The van der Waals surface area contributed by atoms with E-state index in [-0.39, 0.29) is 10.8 Å². The van der Waals surface area contributed by atoms with Gasteiger partial charge in [-0.05, 0) is 105 Å². The first kappa shape index (κ1) is 23.1. The molecule has 0 radical (unpaired) electrons. The molecule has 2 spiro atoms. The molecule has 1 N–H and O–H groups in total. The van der Waals surface area contributed by atoms with Gasteiger partial charge in [-0.15, -0.1) is 0 Å². The van der Waals surface area contributed by atoms with E-state index < -0.39 is 0 Å². The van der Waals surface area contributed by atoms with E-state index >= 15 is 0 Å². The zero-order chi connectivity index (χ0) is 27.0. The molecule has 41 heavy (non-hydrogen) atoms. The highest BCUT2D eigenvalue weighted by Crippen LogP contribution is 2.63. The first-order valence-corrected chi connectivity index (χ1v) is 14.9. The molecule has 0 unspecified atom stereocenters. The minimum absolute atomic E-state index is 0.0464. The van der Waals surface area contributed by atoms with E-state index in [1.165, 1.54) is 61.0 Å². The molecule has 9 rings (SSSR count). The van der Waals surface area contributed by atoms with Crippen LogP contribution in [0.1, 0.15) is 47.9 Å². The van der Waals surface area contributed by atoms with Crippen LogP contribution in [0.2, 0.25) is 0 Å². The Morgan fingerprint density at radius 1 is 0.366 bits per heavy atom. The number of hydrogen-bond acceptors (Lipinski definition) is 1. The van der Waals surface area contributed by atoms with Crippen LogP contribution in [-0.2, 0) is 10.8 Å². The lowest BCUT2D eigenvalue weighted by atomic mass is 9.57.